The first-order valence-corrected chi connectivity index (χ1v) is 6.64. The van der Waals surface area contributed by atoms with E-state index in [1.54, 1.807) is 6.92 Å². The molecule has 3 atom stereocenters. The first kappa shape index (κ1) is 15.0. The number of amides is 1. The number of carbonyl (C=O) groups is 1. The van der Waals surface area contributed by atoms with E-state index in [0.29, 0.717) is 5.92 Å². The van der Waals surface area contributed by atoms with Crippen LogP contribution >= 0.6 is 0 Å². The molecule has 1 rings (SSSR count). The molecule has 1 unspecified atom stereocenters. The van der Waals surface area contributed by atoms with E-state index in [9.17, 15) is 4.79 Å². The first-order valence-electron chi connectivity index (χ1n) is 6.64. The Hall–Kier alpha value is -1.09. The fourth-order valence-electron chi connectivity index (χ4n) is 2.58. The van der Waals surface area contributed by atoms with Crippen LogP contribution in [0.15, 0.2) is 24.3 Å². The highest BCUT2D eigenvalue weighted by Crippen LogP contribution is 2.29. The van der Waals surface area contributed by atoms with E-state index in [0.717, 1.165) is 12.8 Å². The fourth-order valence-corrected chi connectivity index (χ4v) is 2.58. The van der Waals surface area contributed by atoms with Crippen molar-refractivity contribution in [2.45, 2.75) is 58.8 Å². The Morgan fingerprint density at radius 1 is 1.67 bits per heavy atom. The van der Waals surface area contributed by atoms with Gasteiger partial charge >= 0.3 is 0 Å². The standard InChI is InChI=1S/C15H25NO2/c1-6-7-13-8-11(4)9-14(18-10(2)3)15(13)16-12(5)17/h6,9-10,13-15H,1,7-8H2,2-5H3,(H,16,17)/t13-,14?,15+/m0/s1. The quantitative estimate of drug-likeness (QED) is 0.763. The molecule has 0 aromatic carbocycles. The lowest BCUT2D eigenvalue weighted by Crippen LogP contribution is -2.50. The lowest BCUT2D eigenvalue weighted by Gasteiger charge is -2.37. The Kier molecular flexibility index (Phi) is 5.60. The number of nitrogens with one attached hydrogen (secondary N) is 1. The van der Waals surface area contributed by atoms with Gasteiger partial charge in [-0.1, -0.05) is 17.7 Å². The molecule has 0 radical (unpaired) electrons. The van der Waals surface area contributed by atoms with Crippen molar-refractivity contribution in [1.29, 1.82) is 0 Å². The summed E-state index contributed by atoms with van der Waals surface area (Å²) in [5.41, 5.74) is 1.33. The van der Waals surface area contributed by atoms with Crippen molar-refractivity contribution in [2.24, 2.45) is 5.92 Å². The normalized spacial score (nSPS) is 27.8. The maximum Gasteiger partial charge on any atom is 0.217 e. The summed E-state index contributed by atoms with van der Waals surface area (Å²) in [5.74, 6) is 0.375. The largest absolute Gasteiger partial charge is 0.369 e. The maximum atomic E-state index is 11.4. The minimum Gasteiger partial charge on any atom is -0.369 e. The Bertz CT molecular complexity index is 333. The molecular weight excluding hydrogens is 226 g/mol. The average molecular weight is 251 g/mol. The molecule has 0 saturated carbocycles. The van der Waals surface area contributed by atoms with Crippen molar-refractivity contribution in [3.8, 4) is 0 Å². The Labute approximate surface area is 110 Å². The van der Waals surface area contributed by atoms with Crippen molar-refractivity contribution in [2.75, 3.05) is 0 Å². The predicted molar refractivity (Wildman–Crippen MR) is 74.3 cm³/mol. The van der Waals surface area contributed by atoms with Crippen molar-refractivity contribution in [3.05, 3.63) is 24.3 Å². The number of ether oxygens (including phenoxy) is 1. The molecule has 0 bridgehead atoms. The molecule has 0 aliphatic heterocycles. The van der Waals surface area contributed by atoms with E-state index >= 15 is 0 Å². The van der Waals surface area contributed by atoms with Gasteiger partial charge in [0.15, 0.2) is 0 Å². The summed E-state index contributed by atoms with van der Waals surface area (Å²) in [5, 5.41) is 3.04. The Morgan fingerprint density at radius 3 is 2.83 bits per heavy atom. The maximum absolute atomic E-state index is 11.4. The molecule has 0 spiro atoms. The van der Waals surface area contributed by atoms with Gasteiger partial charge in [-0.15, -0.1) is 6.58 Å². The number of carbonyl (C=O) groups excluding carboxylic acids is 1. The monoisotopic (exact) mass is 251 g/mol. The highest BCUT2D eigenvalue weighted by Gasteiger charge is 2.33. The molecule has 1 amide bonds. The Balaban J connectivity index is 2.89. The number of hydrogen-bond donors (Lipinski definition) is 1. The van der Waals surface area contributed by atoms with Crippen LogP contribution in [-0.2, 0) is 9.53 Å². The highest BCUT2D eigenvalue weighted by molar-refractivity contribution is 5.73. The second-order valence-corrected chi connectivity index (χ2v) is 5.38. The van der Waals surface area contributed by atoms with Gasteiger partial charge in [0.2, 0.25) is 5.91 Å². The topological polar surface area (TPSA) is 38.3 Å². The molecule has 1 N–H and O–H groups in total. The van der Waals surface area contributed by atoms with Gasteiger partial charge in [0.1, 0.15) is 0 Å². The minimum atomic E-state index is -0.0346. The summed E-state index contributed by atoms with van der Waals surface area (Å²) >= 11 is 0. The van der Waals surface area contributed by atoms with Gasteiger partial charge < -0.3 is 10.1 Å². The average Bonchev–Trinajstić information content (AvgIpc) is 2.22. The molecule has 18 heavy (non-hydrogen) atoms. The summed E-state index contributed by atoms with van der Waals surface area (Å²) in [6.07, 6.45) is 6.07. The van der Waals surface area contributed by atoms with Crippen molar-refractivity contribution in [3.63, 3.8) is 0 Å². The van der Waals surface area contributed by atoms with Gasteiger partial charge in [-0.05, 0) is 39.5 Å². The van der Waals surface area contributed by atoms with Crippen molar-refractivity contribution in [1.82, 2.24) is 5.32 Å². The lowest BCUT2D eigenvalue weighted by molar-refractivity contribution is -0.121. The van der Waals surface area contributed by atoms with Crippen LogP contribution in [0.5, 0.6) is 0 Å². The third-order valence-corrected chi connectivity index (χ3v) is 3.16. The summed E-state index contributed by atoms with van der Waals surface area (Å²) in [6.45, 7) is 11.5. The number of allylic oxidation sites excluding steroid dienone is 2. The second kappa shape index (κ2) is 6.74. The van der Waals surface area contributed by atoms with Crippen molar-refractivity contribution < 1.29 is 9.53 Å². The van der Waals surface area contributed by atoms with Crippen LogP contribution in [0, 0.1) is 5.92 Å². The van der Waals surface area contributed by atoms with Crippen LogP contribution < -0.4 is 5.32 Å². The van der Waals surface area contributed by atoms with Crippen LogP contribution in [0.3, 0.4) is 0 Å². The zero-order chi connectivity index (χ0) is 13.7. The van der Waals surface area contributed by atoms with E-state index in [1.165, 1.54) is 5.57 Å². The minimum absolute atomic E-state index is 0.000582. The fraction of sp³-hybridized carbons (Fsp3) is 0.667. The smallest absolute Gasteiger partial charge is 0.217 e. The first-order chi connectivity index (χ1) is 8.43. The SMILES string of the molecule is C=CC[C@H]1CC(C)=CC(OC(C)C)[C@@H]1NC(C)=O. The molecule has 3 nitrogen and oxygen atoms in total. The summed E-state index contributed by atoms with van der Waals surface area (Å²) in [4.78, 5) is 11.4. The molecule has 0 aromatic rings. The summed E-state index contributed by atoms with van der Waals surface area (Å²) in [7, 11) is 0. The van der Waals surface area contributed by atoms with Gasteiger partial charge in [-0.25, -0.2) is 0 Å². The van der Waals surface area contributed by atoms with Gasteiger partial charge in [0.05, 0.1) is 18.2 Å². The highest BCUT2D eigenvalue weighted by atomic mass is 16.5. The van der Waals surface area contributed by atoms with Crippen LogP contribution in [0.25, 0.3) is 0 Å². The molecule has 1 aliphatic carbocycles. The van der Waals surface area contributed by atoms with E-state index in [4.69, 9.17) is 4.74 Å². The van der Waals surface area contributed by atoms with Crippen LogP contribution in [0.2, 0.25) is 0 Å². The second-order valence-electron chi connectivity index (χ2n) is 5.38. The zero-order valence-electron chi connectivity index (χ0n) is 11.9. The van der Waals surface area contributed by atoms with Gasteiger partial charge in [-0.2, -0.15) is 0 Å². The van der Waals surface area contributed by atoms with E-state index in [-0.39, 0.29) is 24.2 Å². The van der Waals surface area contributed by atoms with Crippen LogP contribution in [-0.4, -0.2) is 24.2 Å². The molecule has 0 heterocycles. The number of hydrogen-bond acceptors (Lipinski definition) is 2. The molecule has 0 fully saturated rings. The van der Waals surface area contributed by atoms with E-state index < -0.39 is 0 Å². The van der Waals surface area contributed by atoms with Crippen LogP contribution in [0.1, 0.15) is 40.5 Å². The Morgan fingerprint density at radius 2 is 2.33 bits per heavy atom. The van der Waals surface area contributed by atoms with Crippen molar-refractivity contribution >= 4 is 5.91 Å². The summed E-state index contributed by atoms with van der Waals surface area (Å²) in [6, 6.07) is 0.0478. The molecule has 0 saturated heterocycles. The molecule has 102 valence electrons. The lowest BCUT2D eigenvalue weighted by atomic mass is 9.81. The van der Waals surface area contributed by atoms with E-state index in [1.807, 2.05) is 19.9 Å². The third kappa shape index (κ3) is 4.30. The molecular formula is C15H25NO2. The van der Waals surface area contributed by atoms with Gasteiger partial charge in [-0.3, -0.25) is 4.79 Å². The number of rotatable bonds is 5. The van der Waals surface area contributed by atoms with Gasteiger partial charge in [0, 0.05) is 6.92 Å². The third-order valence-electron chi connectivity index (χ3n) is 3.16. The zero-order valence-corrected chi connectivity index (χ0v) is 11.9. The predicted octanol–water partition coefficient (Wildman–Crippen LogP) is 2.83. The molecule has 3 heteroatoms. The molecule has 1 aliphatic rings. The van der Waals surface area contributed by atoms with Crippen LogP contribution in [0.4, 0.5) is 0 Å². The van der Waals surface area contributed by atoms with E-state index in [2.05, 4.69) is 24.9 Å². The molecule has 0 aromatic heterocycles. The summed E-state index contributed by atoms with van der Waals surface area (Å²) < 4.78 is 5.93. The van der Waals surface area contributed by atoms with Gasteiger partial charge in [0.25, 0.3) is 0 Å².